The van der Waals surface area contributed by atoms with Gasteiger partial charge < -0.3 is 14.4 Å². The molecule has 0 spiro atoms. The van der Waals surface area contributed by atoms with E-state index in [1.807, 2.05) is 36.1 Å². The Balaban J connectivity index is 1.65. The molecule has 1 aromatic heterocycles. The second kappa shape index (κ2) is 7.04. The number of carbonyl (C=O) groups excluding carboxylic acids is 1. The molecule has 1 aliphatic rings. The van der Waals surface area contributed by atoms with Crippen LogP contribution in [0.1, 0.15) is 29.3 Å². The lowest BCUT2D eigenvalue weighted by Gasteiger charge is -2.24. The SMILES string of the molecule is COc1cc(C)ccc1OCC(=O)N1CCCC1c1cccs1. The topological polar surface area (TPSA) is 38.8 Å². The third-order valence-corrected chi connectivity index (χ3v) is 5.09. The molecule has 1 atom stereocenters. The summed E-state index contributed by atoms with van der Waals surface area (Å²) < 4.78 is 11.0. The second-order valence-electron chi connectivity index (χ2n) is 5.70. The van der Waals surface area contributed by atoms with E-state index in [-0.39, 0.29) is 18.6 Å². The van der Waals surface area contributed by atoms with Crippen LogP contribution in [0.3, 0.4) is 0 Å². The quantitative estimate of drug-likeness (QED) is 0.836. The summed E-state index contributed by atoms with van der Waals surface area (Å²) in [5, 5.41) is 2.06. The Kier molecular flexibility index (Phi) is 4.86. The monoisotopic (exact) mass is 331 g/mol. The fraction of sp³-hybridized carbons (Fsp3) is 0.389. The van der Waals surface area contributed by atoms with Crippen LogP contribution in [0.4, 0.5) is 0 Å². The van der Waals surface area contributed by atoms with Crippen LogP contribution >= 0.6 is 11.3 Å². The maximum absolute atomic E-state index is 12.6. The molecule has 0 N–H and O–H groups in total. The van der Waals surface area contributed by atoms with Gasteiger partial charge in [-0.15, -0.1) is 11.3 Å². The summed E-state index contributed by atoms with van der Waals surface area (Å²) in [6.07, 6.45) is 2.07. The van der Waals surface area contributed by atoms with E-state index in [1.165, 1.54) is 4.88 Å². The smallest absolute Gasteiger partial charge is 0.261 e. The van der Waals surface area contributed by atoms with Gasteiger partial charge >= 0.3 is 0 Å². The molecular weight excluding hydrogens is 310 g/mol. The Bertz CT molecular complexity index is 669. The molecule has 1 aliphatic heterocycles. The van der Waals surface area contributed by atoms with Gasteiger partial charge in [0.1, 0.15) is 0 Å². The van der Waals surface area contributed by atoms with Crippen molar-refractivity contribution in [2.24, 2.45) is 0 Å². The zero-order valence-electron chi connectivity index (χ0n) is 13.5. The van der Waals surface area contributed by atoms with E-state index in [0.29, 0.717) is 11.5 Å². The molecule has 4 nitrogen and oxygen atoms in total. The lowest BCUT2D eigenvalue weighted by molar-refractivity contribution is -0.134. The number of nitrogens with zero attached hydrogens (tertiary/aromatic N) is 1. The lowest BCUT2D eigenvalue weighted by Crippen LogP contribution is -2.34. The Morgan fingerprint density at radius 3 is 2.96 bits per heavy atom. The van der Waals surface area contributed by atoms with Gasteiger partial charge in [0, 0.05) is 11.4 Å². The van der Waals surface area contributed by atoms with Crippen LogP contribution in [0.25, 0.3) is 0 Å². The molecule has 0 bridgehead atoms. The van der Waals surface area contributed by atoms with Gasteiger partial charge in [-0.3, -0.25) is 4.79 Å². The lowest BCUT2D eigenvalue weighted by atomic mass is 10.2. The summed E-state index contributed by atoms with van der Waals surface area (Å²) in [5.41, 5.74) is 1.10. The maximum atomic E-state index is 12.6. The van der Waals surface area contributed by atoms with Crippen molar-refractivity contribution in [3.8, 4) is 11.5 Å². The number of likely N-dealkylation sites (tertiary alicyclic amines) is 1. The Hall–Kier alpha value is -2.01. The number of rotatable bonds is 5. The minimum atomic E-state index is 0.0310. The molecule has 1 unspecified atom stereocenters. The van der Waals surface area contributed by atoms with Crippen molar-refractivity contribution in [3.05, 3.63) is 46.2 Å². The zero-order valence-corrected chi connectivity index (χ0v) is 14.3. The van der Waals surface area contributed by atoms with E-state index in [0.717, 1.165) is 24.9 Å². The van der Waals surface area contributed by atoms with Gasteiger partial charge in [-0.05, 0) is 48.9 Å². The number of hydrogen-bond donors (Lipinski definition) is 0. The number of thiophene rings is 1. The number of aryl methyl sites for hydroxylation is 1. The van der Waals surface area contributed by atoms with Crippen molar-refractivity contribution in [2.75, 3.05) is 20.3 Å². The fourth-order valence-corrected chi connectivity index (χ4v) is 3.83. The van der Waals surface area contributed by atoms with Crippen molar-refractivity contribution in [1.82, 2.24) is 4.90 Å². The van der Waals surface area contributed by atoms with Crippen molar-refractivity contribution in [1.29, 1.82) is 0 Å². The molecule has 0 saturated carbocycles. The van der Waals surface area contributed by atoms with Gasteiger partial charge in [-0.1, -0.05) is 12.1 Å². The highest BCUT2D eigenvalue weighted by Crippen LogP contribution is 2.34. The Labute approximate surface area is 140 Å². The normalized spacial score (nSPS) is 17.3. The van der Waals surface area contributed by atoms with Crippen LogP contribution in [0, 0.1) is 6.92 Å². The van der Waals surface area contributed by atoms with Crippen LogP contribution in [-0.2, 0) is 4.79 Å². The third kappa shape index (κ3) is 3.50. The fourth-order valence-electron chi connectivity index (χ4n) is 2.96. The molecular formula is C18H21NO3S. The summed E-state index contributed by atoms with van der Waals surface area (Å²) in [4.78, 5) is 15.7. The molecule has 0 aliphatic carbocycles. The summed E-state index contributed by atoms with van der Waals surface area (Å²) in [7, 11) is 1.61. The Morgan fingerprint density at radius 2 is 2.22 bits per heavy atom. The van der Waals surface area contributed by atoms with Gasteiger partial charge in [0.2, 0.25) is 0 Å². The van der Waals surface area contributed by atoms with Gasteiger partial charge in [0.25, 0.3) is 5.91 Å². The predicted molar refractivity (Wildman–Crippen MR) is 91.2 cm³/mol. The van der Waals surface area contributed by atoms with Crippen molar-refractivity contribution >= 4 is 17.2 Å². The molecule has 1 amide bonds. The highest BCUT2D eigenvalue weighted by Gasteiger charge is 2.30. The molecule has 1 saturated heterocycles. The largest absolute Gasteiger partial charge is 0.493 e. The summed E-state index contributed by atoms with van der Waals surface area (Å²) in [5.74, 6) is 1.30. The van der Waals surface area contributed by atoms with E-state index in [9.17, 15) is 4.79 Å². The number of methoxy groups -OCH3 is 1. The minimum absolute atomic E-state index is 0.0310. The molecule has 23 heavy (non-hydrogen) atoms. The average molecular weight is 331 g/mol. The first-order valence-corrected chi connectivity index (χ1v) is 8.67. The molecule has 0 radical (unpaired) electrons. The number of carbonyl (C=O) groups is 1. The predicted octanol–water partition coefficient (Wildman–Crippen LogP) is 3.81. The third-order valence-electron chi connectivity index (χ3n) is 4.12. The average Bonchev–Trinajstić information content (AvgIpc) is 3.23. The number of ether oxygens (including phenoxy) is 2. The molecule has 2 aromatic rings. The molecule has 1 aromatic carbocycles. The highest BCUT2D eigenvalue weighted by atomic mass is 32.1. The zero-order chi connectivity index (χ0) is 16.2. The van der Waals surface area contributed by atoms with E-state index >= 15 is 0 Å². The van der Waals surface area contributed by atoms with Crippen molar-refractivity contribution in [2.45, 2.75) is 25.8 Å². The standard InChI is InChI=1S/C18H21NO3S/c1-13-7-8-15(16(11-13)21-2)22-12-18(20)19-9-3-5-14(19)17-6-4-10-23-17/h4,6-8,10-11,14H,3,5,9,12H2,1-2H3. The van der Waals surface area contributed by atoms with Crippen LogP contribution in [0.2, 0.25) is 0 Å². The maximum Gasteiger partial charge on any atom is 0.261 e. The first-order chi connectivity index (χ1) is 11.2. The van der Waals surface area contributed by atoms with E-state index < -0.39 is 0 Å². The van der Waals surface area contributed by atoms with E-state index in [2.05, 4.69) is 11.4 Å². The molecule has 3 rings (SSSR count). The summed E-state index contributed by atoms with van der Waals surface area (Å²) in [6, 6.07) is 10.0. The van der Waals surface area contributed by atoms with Gasteiger partial charge in [-0.2, -0.15) is 0 Å². The van der Waals surface area contributed by atoms with Gasteiger partial charge in [0.15, 0.2) is 18.1 Å². The first-order valence-electron chi connectivity index (χ1n) is 7.79. The van der Waals surface area contributed by atoms with E-state index in [4.69, 9.17) is 9.47 Å². The second-order valence-corrected chi connectivity index (χ2v) is 6.68. The van der Waals surface area contributed by atoms with Crippen molar-refractivity contribution in [3.63, 3.8) is 0 Å². The number of benzene rings is 1. The summed E-state index contributed by atoms with van der Waals surface area (Å²) in [6.45, 7) is 2.84. The van der Waals surface area contributed by atoms with Crippen LogP contribution in [-0.4, -0.2) is 31.1 Å². The Morgan fingerprint density at radius 1 is 1.35 bits per heavy atom. The molecule has 2 heterocycles. The van der Waals surface area contributed by atoms with E-state index in [1.54, 1.807) is 18.4 Å². The van der Waals surface area contributed by atoms with Gasteiger partial charge in [-0.25, -0.2) is 0 Å². The molecule has 5 heteroatoms. The first kappa shape index (κ1) is 15.9. The minimum Gasteiger partial charge on any atom is -0.493 e. The number of amides is 1. The van der Waals surface area contributed by atoms with Gasteiger partial charge in [0.05, 0.1) is 13.2 Å². The molecule has 122 valence electrons. The van der Waals surface area contributed by atoms with Crippen LogP contribution in [0.15, 0.2) is 35.7 Å². The highest BCUT2D eigenvalue weighted by molar-refractivity contribution is 7.10. The number of hydrogen-bond acceptors (Lipinski definition) is 4. The van der Waals surface area contributed by atoms with Crippen molar-refractivity contribution < 1.29 is 14.3 Å². The van der Waals surface area contributed by atoms with Crippen LogP contribution < -0.4 is 9.47 Å². The van der Waals surface area contributed by atoms with Crippen LogP contribution in [0.5, 0.6) is 11.5 Å². The molecule has 1 fully saturated rings. The summed E-state index contributed by atoms with van der Waals surface area (Å²) >= 11 is 1.71.